The normalized spacial score (nSPS) is 13.5. The average molecular weight is 205 g/mol. The Labute approximate surface area is 67.8 Å². The van der Waals surface area contributed by atoms with Crippen molar-refractivity contribution in [3.05, 3.63) is 18.0 Å². The van der Waals surface area contributed by atoms with Gasteiger partial charge in [0, 0.05) is 24.1 Å². The molecule has 1 rings (SSSR count). The van der Waals surface area contributed by atoms with Gasteiger partial charge in [-0.1, -0.05) is 15.9 Å². The van der Waals surface area contributed by atoms with E-state index in [4.69, 9.17) is 0 Å². The number of hydrogen-bond acceptors (Lipinski definition) is 2. The van der Waals surface area contributed by atoms with Crippen molar-refractivity contribution in [2.75, 3.05) is 5.33 Å². The van der Waals surface area contributed by atoms with Crippen molar-refractivity contribution in [1.29, 1.82) is 0 Å². The van der Waals surface area contributed by atoms with Gasteiger partial charge in [0.15, 0.2) is 0 Å². The van der Waals surface area contributed by atoms with Crippen molar-refractivity contribution in [2.45, 2.75) is 6.10 Å². The summed E-state index contributed by atoms with van der Waals surface area (Å²) in [5.41, 5.74) is 0.847. The van der Waals surface area contributed by atoms with Crippen LogP contribution in [0.5, 0.6) is 0 Å². The van der Waals surface area contributed by atoms with Crippen LogP contribution < -0.4 is 0 Å². The number of alkyl halides is 1. The highest BCUT2D eigenvalue weighted by Gasteiger charge is 2.05. The number of halogens is 1. The Morgan fingerprint density at radius 1 is 1.90 bits per heavy atom. The Morgan fingerprint density at radius 2 is 2.60 bits per heavy atom. The largest absolute Gasteiger partial charge is 0.387 e. The maximum atomic E-state index is 9.24. The highest BCUT2D eigenvalue weighted by atomic mass is 79.9. The lowest BCUT2D eigenvalue weighted by Gasteiger charge is -2.00. The monoisotopic (exact) mass is 204 g/mol. The topological polar surface area (TPSA) is 38.0 Å². The number of hydrogen-bond donors (Lipinski definition) is 1. The zero-order valence-corrected chi connectivity index (χ0v) is 7.24. The molecule has 4 heteroatoms. The third-order valence-electron chi connectivity index (χ3n) is 1.26. The Bertz CT molecular complexity index is 211. The Kier molecular flexibility index (Phi) is 2.45. The molecule has 0 saturated carbocycles. The van der Waals surface area contributed by atoms with Crippen molar-refractivity contribution < 1.29 is 5.11 Å². The fraction of sp³-hybridized carbons (Fsp3) is 0.500. The fourth-order valence-electron chi connectivity index (χ4n) is 0.701. The molecule has 0 saturated heterocycles. The van der Waals surface area contributed by atoms with E-state index in [0.29, 0.717) is 5.33 Å². The summed E-state index contributed by atoms with van der Waals surface area (Å²) in [5, 5.41) is 13.7. The summed E-state index contributed by atoms with van der Waals surface area (Å²) in [7, 11) is 1.82. The molecule has 1 atom stereocenters. The number of aryl methyl sites for hydroxylation is 1. The zero-order chi connectivity index (χ0) is 7.56. The molecular weight excluding hydrogens is 196 g/mol. The smallest absolute Gasteiger partial charge is 0.0917 e. The van der Waals surface area contributed by atoms with Gasteiger partial charge in [-0.2, -0.15) is 5.10 Å². The van der Waals surface area contributed by atoms with E-state index < -0.39 is 6.10 Å². The highest BCUT2D eigenvalue weighted by molar-refractivity contribution is 9.09. The van der Waals surface area contributed by atoms with Crippen molar-refractivity contribution in [1.82, 2.24) is 9.78 Å². The van der Waals surface area contributed by atoms with E-state index >= 15 is 0 Å². The molecular formula is C6H9BrN2O. The second-order valence-electron chi connectivity index (χ2n) is 2.12. The molecule has 0 aliphatic carbocycles. The predicted molar refractivity (Wildman–Crippen MR) is 42.0 cm³/mol. The van der Waals surface area contributed by atoms with Crippen LogP contribution in [0.15, 0.2) is 12.4 Å². The first-order valence-electron chi connectivity index (χ1n) is 2.96. The minimum atomic E-state index is -0.436. The van der Waals surface area contributed by atoms with Gasteiger partial charge in [0.05, 0.1) is 12.3 Å². The Morgan fingerprint density at radius 3 is 3.00 bits per heavy atom. The van der Waals surface area contributed by atoms with Gasteiger partial charge in [-0.25, -0.2) is 0 Å². The third kappa shape index (κ3) is 1.58. The predicted octanol–water partition coefficient (Wildman–Crippen LogP) is 0.848. The molecule has 1 heterocycles. The molecule has 10 heavy (non-hydrogen) atoms. The molecule has 0 radical (unpaired) electrons. The van der Waals surface area contributed by atoms with E-state index in [9.17, 15) is 5.11 Å². The molecule has 1 aromatic rings. The van der Waals surface area contributed by atoms with Crippen molar-refractivity contribution in [3.63, 3.8) is 0 Å². The molecule has 0 aromatic carbocycles. The van der Waals surface area contributed by atoms with E-state index in [1.165, 1.54) is 0 Å². The van der Waals surface area contributed by atoms with Gasteiger partial charge < -0.3 is 5.11 Å². The third-order valence-corrected chi connectivity index (χ3v) is 1.87. The number of rotatable bonds is 2. The molecule has 0 aliphatic heterocycles. The van der Waals surface area contributed by atoms with Gasteiger partial charge in [-0.15, -0.1) is 0 Å². The summed E-state index contributed by atoms with van der Waals surface area (Å²) in [6, 6.07) is 0. The van der Waals surface area contributed by atoms with Gasteiger partial charge >= 0.3 is 0 Å². The lowest BCUT2D eigenvalue weighted by Crippen LogP contribution is -1.95. The first kappa shape index (κ1) is 7.75. The summed E-state index contributed by atoms with van der Waals surface area (Å²) in [4.78, 5) is 0. The van der Waals surface area contributed by atoms with Gasteiger partial charge in [0.25, 0.3) is 0 Å². The molecule has 0 amide bonds. The van der Waals surface area contributed by atoms with Gasteiger partial charge in [-0.05, 0) is 0 Å². The van der Waals surface area contributed by atoms with Gasteiger partial charge in [-0.3, -0.25) is 4.68 Å². The molecule has 1 unspecified atom stereocenters. The summed E-state index contributed by atoms with van der Waals surface area (Å²) >= 11 is 3.17. The van der Waals surface area contributed by atoms with Crippen molar-refractivity contribution in [2.24, 2.45) is 7.05 Å². The van der Waals surface area contributed by atoms with E-state index in [-0.39, 0.29) is 0 Å². The van der Waals surface area contributed by atoms with E-state index in [0.717, 1.165) is 5.56 Å². The van der Waals surface area contributed by atoms with Crippen molar-refractivity contribution >= 4 is 15.9 Å². The zero-order valence-electron chi connectivity index (χ0n) is 5.66. The van der Waals surface area contributed by atoms with Crippen LogP contribution in [0.2, 0.25) is 0 Å². The van der Waals surface area contributed by atoms with E-state index in [1.807, 2.05) is 7.05 Å². The quantitative estimate of drug-likeness (QED) is 0.726. The summed E-state index contributed by atoms with van der Waals surface area (Å²) in [6.45, 7) is 0. The van der Waals surface area contributed by atoms with Crippen LogP contribution in [0, 0.1) is 0 Å². The van der Waals surface area contributed by atoms with E-state index in [1.54, 1.807) is 17.1 Å². The highest BCUT2D eigenvalue weighted by Crippen LogP contribution is 2.12. The molecule has 0 bridgehead atoms. The average Bonchev–Trinajstić information content (AvgIpc) is 2.34. The minimum Gasteiger partial charge on any atom is -0.387 e. The lowest BCUT2D eigenvalue weighted by molar-refractivity contribution is 0.205. The summed E-state index contributed by atoms with van der Waals surface area (Å²) in [5.74, 6) is 0. The summed E-state index contributed by atoms with van der Waals surface area (Å²) in [6.07, 6.45) is 3.02. The van der Waals surface area contributed by atoms with Crippen LogP contribution in [-0.4, -0.2) is 20.2 Å². The molecule has 0 fully saturated rings. The Hall–Kier alpha value is -0.350. The van der Waals surface area contributed by atoms with Crippen LogP contribution in [0.3, 0.4) is 0 Å². The minimum absolute atomic E-state index is 0.436. The molecule has 0 spiro atoms. The van der Waals surface area contributed by atoms with Crippen LogP contribution in [0.25, 0.3) is 0 Å². The molecule has 3 nitrogen and oxygen atoms in total. The van der Waals surface area contributed by atoms with Crippen LogP contribution in [-0.2, 0) is 7.05 Å². The van der Waals surface area contributed by atoms with Crippen LogP contribution in [0.4, 0.5) is 0 Å². The lowest BCUT2D eigenvalue weighted by atomic mass is 10.2. The number of aliphatic hydroxyl groups is 1. The van der Waals surface area contributed by atoms with Crippen LogP contribution in [0.1, 0.15) is 11.7 Å². The number of aliphatic hydroxyl groups excluding tert-OH is 1. The molecule has 1 aromatic heterocycles. The first-order chi connectivity index (χ1) is 4.74. The Balaban J connectivity index is 2.74. The first-order valence-corrected chi connectivity index (χ1v) is 4.08. The fourth-order valence-corrected chi connectivity index (χ4v) is 1.08. The maximum absolute atomic E-state index is 9.24. The van der Waals surface area contributed by atoms with Crippen LogP contribution >= 0.6 is 15.9 Å². The maximum Gasteiger partial charge on any atom is 0.0917 e. The summed E-state index contributed by atoms with van der Waals surface area (Å²) < 4.78 is 1.67. The standard InChI is InChI=1S/C6H9BrN2O/c1-9-4-5(3-8-9)6(10)2-7/h3-4,6,10H,2H2,1H3. The SMILES string of the molecule is Cn1cc(C(O)CBr)cn1. The number of aromatic nitrogens is 2. The molecule has 1 N–H and O–H groups in total. The second-order valence-corrected chi connectivity index (χ2v) is 2.76. The van der Waals surface area contributed by atoms with Crippen molar-refractivity contribution in [3.8, 4) is 0 Å². The second kappa shape index (κ2) is 3.16. The molecule has 0 aliphatic rings. The number of nitrogens with zero attached hydrogens (tertiary/aromatic N) is 2. The van der Waals surface area contributed by atoms with Gasteiger partial charge in [0.1, 0.15) is 0 Å². The molecule has 56 valence electrons. The van der Waals surface area contributed by atoms with E-state index in [2.05, 4.69) is 21.0 Å². The van der Waals surface area contributed by atoms with Gasteiger partial charge in [0.2, 0.25) is 0 Å².